The van der Waals surface area contributed by atoms with E-state index in [1.807, 2.05) is 32.0 Å². The Labute approximate surface area is 140 Å². The number of benzene rings is 2. The number of nitrogens with zero attached hydrogens (tertiary/aromatic N) is 1. The summed E-state index contributed by atoms with van der Waals surface area (Å²) in [5.74, 6) is 0.734. The highest BCUT2D eigenvalue weighted by Crippen LogP contribution is 2.34. The van der Waals surface area contributed by atoms with Crippen molar-refractivity contribution in [2.75, 3.05) is 6.54 Å². The number of likely N-dealkylation sites (N-methyl/N-ethyl adjacent to an activating group) is 1. The number of amides is 1. The number of ether oxygens (including phenoxy) is 2. The fourth-order valence-corrected chi connectivity index (χ4v) is 2.77. The van der Waals surface area contributed by atoms with E-state index in [4.69, 9.17) is 9.47 Å². The van der Waals surface area contributed by atoms with Crippen LogP contribution in [0.4, 0.5) is 4.39 Å². The summed E-state index contributed by atoms with van der Waals surface area (Å²) in [4.78, 5) is 14.5. The van der Waals surface area contributed by atoms with Gasteiger partial charge in [-0.2, -0.15) is 0 Å². The maximum atomic E-state index is 13.4. The highest BCUT2D eigenvalue weighted by atomic mass is 19.1. The van der Waals surface area contributed by atoms with Crippen molar-refractivity contribution in [3.05, 3.63) is 59.9 Å². The van der Waals surface area contributed by atoms with Gasteiger partial charge < -0.3 is 14.4 Å². The molecule has 126 valence electrons. The van der Waals surface area contributed by atoms with Crippen molar-refractivity contribution < 1.29 is 18.7 Å². The first-order chi connectivity index (χ1) is 11.6. The Morgan fingerprint density at radius 2 is 1.83 bits per heavy atom. The number of para-hydroxylation sites is 2. The molecule has 2 unspecified atom stereocenters. The molecule has 0 spiro atoms. The molecule has 4 nitrogen and oxygen atoms in total. The number of fused-ring (bicyclic) bond motifs is 1. The maximum absolute atomic E-state index is 13.4. The molecular formula is C19H20FNO3. The van der Waals surface area contributed by atoms with Crippen LogP contribution in [-0.4, -0.2) is 29.6 Å². The summed E-state index contributed by atoms with van der Waals surface area (Å²) in [6.45, 7) is 4.54. The van der Waals surface area contributed by atoms with E-state index in [1.165, 1.54) is 12.1 Å². The van der Waals surface area contributed by atoms with Gasteiger partial charge in [0.2, 0.25) is 6.10 Å². The number of hydrogen-bond donors (Lipinski definition) is 0. The van der Waals surface area contributed by atoms with E-state index in [-0.39, 0.29) is 11.7 Å². The lowest BCUT2D eigenvalue weighted by atomic mass is 10.1. The van der Waals surface area contributed by atoms with Gasteiger partial charge in [0.15, 0.2) is 11.5 Å². The standard InChI is InChI=1S/C19H20FNO3/c1-3-21(12-14-7-6-8-15(20)11-14)19(22)18-13(2)23-16-9-4-5-10-17(16)24-18/h4-11,13,18H,3,12H2,1-2H3. The summed E-state index contributed by atoms with van der Waals surface area (Å²) in [6, 6.07) is 13.6. The SMILES string of the molecule is CCN(Cc1cccc(F)c1)C(=O)C1Oc2ccccc2OC1C. The molecular weight excluding hydrogens is 309 g/mol. The summed E-state index contributed by atoms with van der Waals surface area (Å²) < 4.78 is 25.0. The van der Waals surface area contributed by atoms with E-state index in [2.05, 4.69) is 0 Å². The fourth-order valence-electron chi connectivity index (χ4n) is 2.77. The second-order valence-electron chi connectivity index (χ2n) is 5.79. The van der Waals surface area contributed by atoms with Gasteiger partial charge in [-0.1, -0.05) is 24.3 Å². The first-order valence-electron chi connectivity index (χ1n) is 8.04. The lowest BCUT2D eigenvalue weighted by molar-refractivity contribution is -0.144. The van der Waals surface area contributed by atoms with Crippen LogP contribution in [0.15, 0.2) is 48.5 Å². The molecule has 24 heavy (non-hydrogen) atoms. The molecule has 2 aromatic rings. The zero-order chi connectivity index (χ0) is 17.1. The highest BCUT2D eigenvalue weighted by Gasteiger charge is 2.36. The van der Waals surface area contributed by atoms with Crippen molar-refractivity contribution in [2.45, 2.75) is 32.6 Å². The number of carbonyl (C=O) groups excluding carboxylic acids is 1. The molecule has 1 aliphatic heterocycles. The molecule has 0 aromatic heterocycles. The third-order valence-electron chi connectivity index (χ3n) is 4.04. The second kappa shape index (κ2) is 6.91. The molecule has 1 heterocycles. The Hall–Kier alpha value is -2.56. The van der Waals surface area contributed by atoms with Crippen molar-refractivity contribution in [1.82, 2.24) is 4.90 Å². The molecule has 2 atom stereocenters. The summed E-state index contributed by atoms with van der Waals surface area (Å²) in [6.07, 6.45) is -1.11. The van der Waals surface area contributed by atoms with Crippen LogP contribution in [0.1, 0.15) is 19.4 Å². The minimum absolute atomic E-state index is 0.163. The molecule has 0 saturated carbocycles. The number of halogens is 1. The van der Waals surface area contributed by atoms with Gasteiger partial charge in [0.05, 0.1) is 0 Å². The van der Waals surface area contributed by atoms with E-state index in [0.717, 1.165) is 5.56 Å². The normalized spacial score (nSPS) is 19.0. The summed E-state index contributed by atoms with van der Waals surface area (Å²) in [7, 11) is 0. The fraction of sp³-hybridized carbons (Fsp3) is 0.316. The van der Waals surface area contributed by atoms with Gasteiger partial charge in [0, 0.05) is 13.1 Å². The lowest BCUT2D eigenvalue weighted by Crippen LogP contribution is -2.50. The first kappa shape index (κ1) is 16.3. The first-order valence-corrected chi connectivity index (χ1v) is 8.04. The Balaban J connectivity index is 1.76. The van der Waals surface area contributed by atoms with Crippen molar-refractivity contribution in [3.8, 4) is 11.5 Å². The molecule has 3 rings (SSSR count). The van der Waals surface area contributed by atoms with Crippen molar-refractivity contribution in [1.29, 1.82) is 0 Å². The lowest BCUT2D eigenvalue weighted by Gasteiger charge is -2.34. The van der Waals surface area contributed by atoms with E-state index < -0.39 is 12.2 Å². The van der Waals surface area contributed by atoms with Crippen LogP contribution in [0.2, 0.25) is 0 Å². The Morgan fingerprint density at radius 1 is 1.12 bits per heavy atom. The third-order valence-corrected chi connectivity index (χ3v) is 4.04. The molecule has 0 saturated heterocycles. The van der Waals surface area contributed by atoms with Gasteiger partial charge in [0.25, 0.3) is 5.91 Å². The minimum atomic E-state index is -0.714. The molecule has 1 amide bonds. The van der Waals surface area contributed by atoms with Gasteiger partial charge in [-0.05, 0) is 43.7 Å². The van der Waals surface area contributed by atoms with E-state index in [0.29, 0.717) is 24.6 Å². The molecule has 0 fully saturated rings. The predicted octanol–water partition coefficient (Wildman–Crippen LogP) is 3.40. The zero-order valence-electron chi connectivity index (χ0n) is 13.7. The quantitative estimate of drug-likeness (QED) is 0.863. The molecule has 0 radical (unpaired) electrons. The van der Waals surface area contributed by atoms with Crippen LogP contribution in [0.25, 0.3) is 0 Å². The number of hydrogen-bond acceptors (Lipinski definition) is 3. The molecule has 2 aromatic carbocycles. The number of carbonyl (C=O) groups is 1. The van der Waals surface area contributed by atoms with E-state index in [1.54, 1.807) is 23.1 Å². The average molecular weight is 329 g/mol. The van der Waals surface area contributed by atoms with Crippen molar-refractivity contribution >= 4 is 5.91 Å². The summed E-state index contributed by atoms with van der Waals surface area (Å²) >= 11 is 0. The Kier molecular flexibility index (Phi) is 4.69. The van der Waals surface area contributed by atoms with Crippen LogP contribution >= 0.6 is 0 Å². The van der Waals surface area contributed by atoms with Gasteiger partial charge >= 0.3 is 0 Å². The average Bonchev–Trinajstić information content (AvgIpc) is 2.58. The predicted molar refractivity (Wildman–Crippen MR) is 88.4 cm³/mol. The monoisotopic (exact) mass is 329 g/mol. The van der Waals surface area contributed by atoms with Crippen molar-refractivity contribution in [2.24, 2.45) is 0 Å². The maximum Gasteiger partial charge on any atom is 0.267 e. The van der Waals surface area contributed by atoms with Gasteiger partial charge in [-0.15, -0.1) is 0 Å². The zero-order valence-corrected chi connectivity index (χ0v) is 13.7. The van der Waals surface area contributed by atoms with Crippen molar-refractivity contribution in [3.63, 3.8) is 0 Å². The summed E-state index contributed by atoms with van der Waals surface area (Å²) in [5, 5.41) is 0. The smallest absolute Gasteiger partial charge is 0.267 e. The van der Waals surface area contributed by atoms with E-state index >= 15 is 0 Å². The van der Waals surface area contributed by atoms with Gasteiger partial charge in [-0.25, -0.2) is 4.39 Å². The Morgan fingerprint density at radius 3 is 2.50 bits per heavy atom. The molecule has 5 heteroatoms. The highest BCUT2D eigenvalue weighted by molar-refractivity contribution is 5.82. The molecule has 0 N–H and O–H groups in total. The van der Waals surface area contributed by atoms with E-state index in [9.17, 15) is 9.18 Å². The molecule has 0 aliphatic carbocycles. The molecule has 0 bridgehead atoms. The van der Waals surface area contributed by atoms with Crippen LogP contribution in [0.5, 0.6) is 11.5 Å². The van der Waals surface area contributed by atoms with Crippen LogP contribution in [-0.2, 0) is 11.3 Å². The Bertz CT molecular complexity index is 734. The minimum Gasteiger partial charge on any atom is -0.482 e. The number of rotatable bonds is 4. The molecule has 1 aliphatic rings. The second-order valence-corrected chi connectivity index (χ2v) is 5.79. The van der Waals surface area contributed by atoms with Crippen LogP contribution in [0.3, 0.4) is 0 Å². The largest absolute Gasteiger partial charge is 0.482 e. The van der Waals surface area contributed by atoms with Crippen LogP contribution < -0.4 is 9.47 Å². The van der Waals surface area contributed by atoms with Gasteiger partial charge in [0.1, 0.15) is 11.9 Å². The van der Waals surface area contributed by atoms with Gasteiger partial charge in [-0.3, -0.25) is 4.79 Å². The topological polar surface area (TPSA) is 38.8 Å². The summed E-state index contributed by atoms with van der Waals surface area (Å²) in [5.41, 5.74) is 0.745. The third kappa shape index (κ3) is 3.35. The van der Waals surface area contributed by atoms with Crippen LogP contribution in [0, 0.1) is 5.82 Å².